The van der Waals surface area contributed by atoms with Gasteiger partial charge in [-0.25, -0.2) is 0 Å². The summed E-state index contributed by atoms with van der Waals surface area (Å²) in [5.74, 6) is 0. The van der Waals surface area contributed by atoms with E-state index in [9.17, 15) is 0 Å². The summed E-state index contributed by atoms with van der Waals surface area (Å²) >= 11 is 0. The van der Waals surface area contributed by atoms with Crippen molar-refractivity contribution in [2.24, 2.45) is 0 Å². The zero-order valence-electron chi connectivity index (χ0n) is 10.5. The van der Waals surface area contributed by atoms with Gasteiger partial charge in [-0.3, -0.25) is 0 Å². The molecular weight excluding hydrogens is 188 g/mol. The first-order chi connectivity index (χ1) is 7.22. The normalized spacial score (nSPS) is 20.0. The van der Waals surface area contributed by atoms with Crippen LogP contribution in [0.3, 0.4) is 0 Å². The zero-order valence-corrected chi connectivity index (χ0v) is 10.5. The van der Waals surface area contributed by atoms with Crippen molar-refractivity contribution < 1.29 is 4.74 Å². The fourth-order valence-electron chi connectivity index (χ4n) is 2.06. The van der Waals surface area contributed by atoms with Crippen molar-refractivity contribution >= 4 is 0 Å². The van der Waals surface area contributed by atoms with Crippen LogP contribution in [0, 0.1) is 0 Å². The summed E-state index contributed by atoms with van der Waals surface area (Å²) < 4.78 is 5.36. The number of piperidine rings is 1. The molecule has 3 heteroatoms. The lowest BCUT2D eigenvalue weighted by molar-refractivity contribution is 0.0409. The second kappa shape index (κ2) is 7.20. The van der Waals surface area contributed by atoms with Crippen molar-refractivity contribution in [3.8, 4) is 0 Å². The Balaban J connectivity index is 1.99. The van der Waals surface area contributed by atoms with Crippen LogP contribution < -0.4 is 5.32 Å². The van der Waals surface area contributed by atoms with Crippen molar-refractivity contribution in [2.45, 2.75) is 45.3 Å². The first-order valence-corrected chi connectivity index (χ1v) is 6.21. The van der Waals surface area contributed by atoms with E-state index in [4.69, 9.17) is 4.74 Å². The Bertz CT molecular complexity index is 154. The van der Waals surface area contributed by atoms with Gasteiger partial charge in [-0.05, 0) is 32.4 Å². The Kier molecular flexibility index (Phi) is 6.22. The highest BCUT2D eigenvalue weighted by Gasteiger charge is 2.17. The molecule has 0 atom stereocenters. The van der Waals surface area contributed by atoms with Gasteiger partial charge >= 0.3 is 0 Å². The highest BCUT2D eigenvalue weighted by Crippen LogP contribution is 2.12. The van der Waals surface area contributed by atoms with E-state index in [1.165, 1.54) is 38.9 Å². The maximum absolute atomic E-state index is 5.36. The molecule has 90 valence electrons. The van der Waals surface area contributed by atoms with Crippen LogP contribution in [0.5, 0.6) is 0 Å². The molecule has 1 fully saturated rings. The van der Waals surface area contributed by atoms with Gasteiger partial charge < -0.3 is 15.0 Å². The minimum absolute atomic E-state index is 0.509. The third-order valence-electron chi connectivity index (χ3n) is 3.07. The van der Waals surface area contributed by atoms with Crippen molar-refractivity contribution in [3.05, 3.63) is 0 Å². The summed E-state index contributed by atoms with van der Waals surface area (Å²) in [5, 5.41) is 3.45. The molecule has 1 saturated heterocycles. The molecule has 0 amide bonds. The van der Waals surface area contributed by atoms with E-state index in [-0.39, 0.29) is 0 Å². The molecule has 0 bridgehead atoms. The maximum Gasteiger partial charge on any atom is 0.0595 e. The van der Waals surface area contributed by atoms with E-state index < -0.39 is 0 Å². The van der Waals surface area contributed by atoms with Crippen LogP contribution >= 0.6 is 0 Å². The van der Waals surface area contributed by atoms with Crippen molar-refractivity contribution in [1.82, 2.24) is 10.2 Å². The van der Waals surface area contributed by atoms with Gasteiger partial charge in [0.25, 0.3) is 0 Å². The number of rotatable bonds is 6. The van der Waals surface area contributed by atoms with Crippen LogP contribution in [0.15, 0.2) is 0 Å². The van der Waals surface area contributed by atoms with E-state index in [0.717, 1.165) is 6.54 Å². The molecule has 3 nitrogen and oxygen atoms in total. The van der Waals surface area contributed by atoms with Crippen LogP contribution in [0.1, 0.15) is 33.1 Å². The van der Waals surface area contributed by atoms with Crippen molar-refractivity contribution in [2.75, 3.05) is 33.3 Å². The average Bonchev–Trinajstić information content (AvgIpc) is 2.25. The second-order valence-corrected chi connectivity index (χ2v) is 4.74. The number of likely N-dealkylation sites (tertiary alicyclic amines) is 1. The summed E-state index contributed by atoms with van der Waals surface area (Å²) in [5.41, 5.74) is 0. The molecule has 0 saturated carbocycles. The molecule has 0 spiro atoms. The van der Waals surface area contributed by atoms with Crippen LogP contribution in [-0.2, 0) is 4.74 Å². The first-order valence-electron chi connectivity index (χ1n) is 6.21. The zero-order chi connectivity index (χ0) is 11.1. The minimum Gasteiger partial charge on any atom is -0.381 e. The molecule has 0 aliphatic carbocycles. The monoisotopic (exact) mass is 214 g/mol. The number of nitrogens with zero attached hydrogens (tertiary/aromatic N) is 1. The molecule has 1 N–H and O–H groups in total. The number of hydrogen-bond donors (Lipinski definition) is 1. The lowest BCUT2D eigenvalue weighted by Gasteiger charge is -2.31. The van der Waals surface area contributed by atoms with Gasteiger partial charge in [0.1, 0.15) is 0 Å². The van der Waals surface area contributed by atoms with Gasteiger partial charge in [0.05, 0.1) is 6.10 Å². The van der Waals surface area contributed by atoms with E-state index in [1.807, 2.05) is 7.11 Å². The molecule has 0 aromatic rings. The largest absolute Gasteiger partial charge is 0.381 e. The predicted octanol–water partition coefficient (Wildman–Crippen LogP) is 1.49. The predicted molar refractivity (Wildman–Crippen MR) is 64.2 cm³/mol. The summed E-state index contributed by atoms with van der Waals surface area (Å²) in [4.78, 5) is 2.55. The van der Waals surface area contributed by atoms with E-state index in [0.29, 0.717) is 12.1 Å². The van der Waals surface area contributed by atoms with Crippen LogP contribution in [0.2, 0.25) is 0 Å². The first kappa shape index (κ1) is 12.9. The van der Waals surface area contributed by atoms with Crippen LogP contribution in [0.4, 0.5) is 0 Å². The lowest BCUT2D eigenvalue weighted by atomic mass is 10.1. The number of methoxy groups -OCH3 is 1. The SMILES string of the molecule is COC1CCN(CCCNC(C)C)CC1. The van der Waals surface area contributed by atoms with Gasteiger partial charge in [-0.1, -0.05) is 13.8 Å². The van der Waals surface area contributed by atoms with Gasteiger partial charge in [0.2, 0.25) is 0 Å². The van der Waals surface area contributed by atoms with Gasteiger partial charge in [0.15, 0.2) is 0 Å². The molecule has 0 unspecified atom stereocenters. The van der Waals surface area contributed by atoms with Crippen LogP contribution in [-0.4, -0.2) is 50.3 Å². The third-order valence-corrected chi connectivity index (χ3v) is 3.07. The highest BCUT2D eigenvalue weighted by molar-refractivity contribution is 4.72. The smallest absolute Gasteiger partial charge is 0.0595 e. The van der Waals surface area contributed by atoms with E-state index in [1.54, 1.807) is 0 Å². The summed E-state index contributed by atoms with van der Waals surface area (Å²) in [6.07, 6.45) is 4.17. The summed E-state index contributed by atoms with van der Waals surface area (Å²) in [7, 11) is 1.83. The quantitative estimate of drug-likeness (QED) is 0.678. The molecule has 1 aliphatic rings. The molecule has 0 aromatic heterocycles. The fourth-order valence-corrected chi connectivity index (χ4v) is 2.06. The summed E-state index contributed by atoms with van der Waals surface area (Å²) in [6, 6.07) is 0.615. The Labute approximate surface area is 94.2 Å². The summed E-state index contributed by atoms with van der Waals surface area (Å²) in [6.45, 7) is 9.19. The molecule has 0 aromatic carbocycles. The average molecular weight is 214 g/mol. The number of ether oxygens (including phenoxy) is 1. The van der Waals surface area contributed by atoms with Crippen LogP contribution in [0.25, 0.3) is 0 Å². The van der Waals surface area contributed by atoms with Crippen molar-refractivity contribution in [1.29, 1.82) is 0 Å². The van der Waals surface area contributed by atoms with E-state index >= 15 is 0 Å². The molecule has 15 heavy (non-hydrogen) atoms. The second-order valence-electron chi connectivity index (χ2n) is 4.74. The van der Waals surface area contributed by atoms with Gasteiger partial charge in [-0.15, -0.1) is 0 Å². The topological polar surface area (TPSA) is 24.5 Å². The van der Waals surface area contributed by atoms with E-state index in [2.05, 4.69) is 24.1 Å². The maximum atomic E-state index is 5.36. The fraction of sp³-hybridized carbons (Fsp3) is 1.00. The molecule has 1 aliphatic heterocycles. The molecular formula is C12H26N2O. The minimum atomic E-state index is 0.509. The number of nitrogens with one attached hydrogen (secondary N) is 1. The number of hydrogen-bond acceptors (Lipinski definition) is 3. The van der Waals surface area contributed by atoms with Crippen molar-refractivity contribution in [3.63, 3.8) is 0 Å². The third kappa shape index (κ3) is 5.50. The Morgan fingerprint density at radius 2 is 2.00 bits per heavy atom. The Hall–Kier alpha value is -0.120. The standard InChI is InChI=1S/C12H26N2O/c1-11(2)13-7-4-8-14-9-5-12(15-3)6-10-14/h11-13H,4-10H2,1-3H3. The van der Waals surface area contributed by atoms with Gasteiger partial charge in [0, 0.05) is 26.2 Å². The Morgan fingerprint density at radius 3 is 2.53 bits per heavy atom. The molecule has 0 radical (unpaired) electrons. The molecule has 1 rings (SSSR count). The van der Waals surface area contributed by atoms with Gasteiger partial charge in [-0.2, -0.15) is 0 Å². The molecule has 1 heterocycles. The lowest BCUT2D eigenvalue weighted by Crippen LogP contribution is -2.38. The highest BCUT2D eigenvalue weighted by atomic mass is 16.5. The Morgan fingerprint density at radius 1 is 1.33 bits per heavy atom.